The van der Waals surface area contributed by atoms with Crippen LogP contribution in [-0.2, 0) is 11.3 Å². The van der Waals surface area contributed by atoms with E-state index < -0.39 is 5.97 Å². The van der Waals surface area contributed by atoms with Crippen LogP contribution in [0.15, 0.2) is 23.1 Å². The molecular formula is C17H18N4O3. The predicted octanol–water partition coefficient (Wildman–Crippen LogP) is 1.70. The first-order valence-electron chi connectivity index (χ1n) is 7.99. The lowest BCUT2D eigenvalue weighted by molar-refractivity contribution is 0.0524. The number of esters is 1. The van der Waals surface area contributed by atoms with Gasteiger partial charge in [-0.1, -0.05) is 0 Å². The van der Waals surface area contributed by atoms with E-state index in [1.807, 2.05) is 0 Å². The van der Waals surface area contributed by atoms with Crippen LogP contribution in [0.4, 0.5) is 5.82 Å². The number of pyridine rings is 2. The molecule has 1 fully saturated rings. The maximum atomic E-state index is 12.6. The first-order chi connectivity index (χ1) is 11.7. The Bertz CT molecular complexity index is 878. The van der Waals surface area contributed by atoms with Gasteiger partial charge < -0.3 is 14.2 Å². The van der Waals surface area contributed by atoms with Gasteiger partial charge in [0.2, 0.25) is 5.43 Å². The summed E-state index contributed by atoms with van der Waals surface area (Å²) in [5.41, 5.74) is 0.0767. The minimum Gasteiger partial charge on any atom is -0.462 e. The summed E-state index contributed by atoms with van der Waals surface area (Å²) in [6, 6.07) is 5.57. The Morgan fingerprint density at radius 3 is 2.83 bits per heavy atom. The summed E-state index contributed by atoms with van der Waals surface area (Å²) in [7, 11) is 0. The Morgan fingerprint density at radius 1 is 1.42 bits per heavy atom. The molecule has 1 aliphatic heterocycles. The van der Waals surface area contributed by atoms with Crippen molar-refractivity contribution in [1.82, 2.24) is 9.55 Å². The summed E-state index contributed by atoms with van der Waals surface area (Å²) in [5.74, 6) is 0.157. The van der Waals surface area contributed by atoms with Crippen molar-refractivity contribution in [3.8, 4) is 6.07 Å². The minimum absolute atomic E-state index is 0.0270. The molecule has 0 N–H and O–H groups in total. The smallest absolute Gasteiger partial charge is 0.343 e. The van der Waals surface area contributed by atoms with Crippen molar-refractivity contribution in [1.29, 1.82) is 5.26 Å². The average Bonchev–Trinajstić information content (AvgIpc) is 2.53. The fourth-order valence-electron chi connectivity index (χ4n) is 2.67. The SMILES string of the molecule is CCOC(=O)c1cn(CCC#N)c2nc(N3CCC3)ccc2c1=O. The van der Waals surface area contributed by atoms with E-state index in [0.717, 1.165) is 25.3 Å². The normalized spacial score (nSPS) is 13.4. The number of carbonyl (C=O) groups is 1. The van der Waals surface area contributed by atoms with E-state index in [9.17, 15) is 9.59 Å². The van der Waals surface area contributed by atoms with Crippen LogP contribution in [0.5, 0.6) is 0 Å². The highest BCUT2D eigenvalue weighted by Gasteiger charge is 2.20. The first kappa shape index (κ1) is 16.0. The van der Waals surface area contributed by atoms with Crippen LogP contribution in [0.2, 0.25) is 0 Å². The maximum absolute atomic E-state index is 12.6. The summed E-state index contributed by atoms with van der Waals surface area (Å²) in [4.78, 5) is 31.3. The standard InChI is InChI=1S/C17H18N4O3/c1-2-24-17(23)13-11-21(8-3-7-18)16-12(15(13)22)5-6-14(19-16)20-9-4-10-20/h5-6,11H,2-4,8-10H2,1H3. The zero-order valence-corrected chi connectivity index (χ0v) is 13.5. The molecule has 1 saturated heterocycles. The van der Waals surface area contributed by atoms with Crippen molar-refractivity contribution < 1.29 is 9.53 Å². The highest BCUT2D eigenvalue weighted by atomic mass is 16.5. The number of rotatable bonds is 5. The Balaban J connectivity index is 2.16. The Labute approximate surface area is 139 Å². The molecule has 0 amide bonds. The van der Waals surface area contributed by atoms with Crippen molar-refractivity contribution >= 4 is 22.8 Å². The largest absolute Gasteiger partial charge is 0.462 e. The molecule has 3 heterocycles. The lowest BCUT2D eigenvalue weighted by Gasteiger charge is -2.32. The summed E-state index contributed by atoms with van der Waals surface area (Å²) >= 11 is 0. The van der Waals surface area contributed by atoms with E-state index in [1.54, 1.807) is 23.6 Å². The molecule has 1 aliphatic rings. The molecular weight excluding hydrogens is 308 g/mol. The van der Waals surface area contributed by atoms with Crippen molar-refractivity contribution in [2.75, 3.05) is 24.6 Å². The summed E-state index contributed by atoms with van der Waals surface area (Å²) in [6.07, 6.45) is 2.84. The van der Waals surface area contributed by atoms with Crippen LogP contribution in [0.1, 0.15) is 30.1 Å². The fourth-order valence-corrected chi connectivity index (χ4v) is 2.67. The van der Waals surface area contributed by atoms with E-state index in [-0.39, 0.29) is 24.0 Å². The molecule has 3 rings (SSSR count). The second kappa shape index (κ2) is 6.71. The topological polar surface area (TPSA) is 88.2 Å². The second-order valence-corrected chi connectivity index (χ2v) is 5.58. The monoisotopic (exact) mass is 326 g/mol. The molecule has 0 saturated carbocycles. The van der Waals surface area contributed by atoms with Crippen LogP contribution in [-0.4, -0.2) is 35.2 Å². The van der Waals surface area contributed by atoms with E-state index in [0.29, 0.717) is 17.6 Å². The molecule has 0 unspecified atom stereocenters. The van der Waals surface area contributed by atoms with Crippen molar-refractivity contribution in [2.24, 2.45) is 0 Å². The van der Waals surface area contributed by atoms with Gasteiger partial charge in [0.25, 0.3) is 0 Å². The third kappa shape index (κ3) is 2.83. The van der Waals surface area contributed by atoms with Crippen LogP contribution < -0.4 is 10.3 Å². The number of aryl methyl sites for hydroxylation is 1. The van der Waals surface area contributed by atoms with Crippen LogP contribution in [0.3, 0.4) is 0 Å². The van der Waals surface area contributed by atoms with E-state index in [2.05, 4.69) is 16.0 Å². The van der Waals surface area contributed by atoms with E-state index >= 15 is 0 Å². The number of hydrogen-bond acceptors (Lipinski definition) is 6. The number of hydrogen-bond donors (Lipinski definition) is 0. The zero-order valence-electron chi connectivity index (χ0n) is 13.5. The number of nitrogens with zero attached hydrogens (tertiary/aromatic N) is 4. The second-order valence-electron chi connectivity index (χ2n) is 5.58. The van der Waals surface area contributed by atoms with Gasteiger partial charge in [-0.2, -0.15) is 5.26 Å². The van der Waals surface area contributed by atoms with E-state index in [1.165, 1.54) is 6.20 Å². The number of ether oxygens (including phenoxy) is 1. The molecule has 124 valence electrons. The number of carbonyl (C=O) groups excluding carboxylic acids is 1. The quantitative estimate of drug-likeness (QED) is 0.777. The lowest BCUT2D eigenvalue weighted by atomic mass is 10.1. The lowest BCUT2D eigenvalue weighted by Crippen LogP contribution is -2.37. The van der Waals surface area contributed by atoms with Gasteiger partial charge in [0, 0.05) is 25.8 Å². The number of fused-ring (bicyclic) bond motifs is 1. The van der Waals surface area contributed by atoms with Crippen LogP contribution in [0, 0.1) is 11.3 Å². The van der Waals surface area contributed by atoms with Gasteiger partial charge in [-0.05, 0) is 25.5 Å². The highest BCUT2D eigenvalue weighted by molar-refractivity contribution is 5.93. The van der Waals surface area contributed by atoms with Crippen molar-refractivity contribution in [2.45, 2.75) is 26.3 Å². The molecule has 7 nitrogen and oxygen atoms in total. The molecule has 7 heteroatoms. The molecule has 0 bridgehead atoms. The average molecular weight is 326 g/mol. The zero-order chi connectivity index (χ0) is 17.1. The van der Waals surface area contributed by atoms with Crippen LogP contribution in [0.25, 0.3) is 11.0 Å². The summed E-state index contributed by atoms with van der Waals surface area (Å²) in [6.45, 7) is 4.13. The first-order valence-corrected chi connectivity index (χ1v) is 7.99. The third-order valence-electron chi connectivity index (χ3n) is 4.05. The molecule has 0 aromatic carbocycles. The molecule has 24 heavy (non-hydrogen) atoms. The van der Waals surface area contributed by atoms with Crippen LogP contribution >= 0.6 is 0 Å². The molecule has 2 aromatic rings. The fraction of sp³-hybridized carbons (Fsp3) is 0.412. The van der Waals surface area contributed by atoms with Gasteiger partial charge in [-0.3, -0.25) is 4.79 Å². The molecule has 2 aromatic heterocycles. The Morgan fingerprint density at radius 2 is 2.21 bits per heavy atom. The Hall–Kier alpha value is -2.88. The minimum atomic E-state index is -0.651. The van der Waals surface area contributed by atoms with E-state index in [4.69, 9.17) is 10.00 Å². The van der Waals surface area contributed by atoms with Gasteiger partial charge in [0.15, 0.2) is 0 Å². The molecule has 0 atom stereocenters. The van der Waals surface area contributed by atoms with Gasteiger partial charge in [-0.25, -0.2) is 9.78 Å². The highest BCUT2D eigenvalue weighted by Crippen LogP contribution is 2.21. The number of anilines is 1. The summed E-state index contributed by atoms with van der Waals surface area (Å²) in [5, 5.41) is 9.23. The van der Waals surface area contributed by atoms with Crippen molar-refractivity contribution in [3.63, 3.8) is 0 Å². The van der Waals surface area contributed by atoms with Gasteiger partial charge in [-0.15, -0.1) is 0 Å². The molecule has 0 spiro atoms. The van der Waals surface area contributed by atoms with Crippen molar-refractivity contribution in [3.05, 3.63) is 34.1 Å². The summed E-state index contributed by atoms with van der Waals surface area (Å²) < 4.78 is 6.65. The van der Waals surface area contributed by atoms with Gasteiger partial charge in [0.1, 0.15) is 17.0 Å². The van der Waals surface area contributed by atoms with Gasteiger partial charge >= 0.3 is 5.97 Å². The molecule has 0 aliphatic carbocycles. The Kier molecular flexibility index (Phi) is 4.47. The number of nitriles is 1. The maximum Gasteiger partial charge on any atom is 0.343 e. The third-order valence-corrected chi connectivity index (χ3v) is 4.05. The number of aromatic nitrogens is 2. The van der Waals surface area contributed by atoms with Gasteiger partial charge in [0.05, 0.1) is 24.5 Å². The molecule has 0 radical (unpaired) electrons. The predicted molar refractivity (Wildman–Crippen MR) is 89.0 cm³/mol.